The molecule has 0 aliphatic carbocycles. The van der Waals surface area contributed by atoms with Crippen LogP contribution in [0.1, 0.15) is 57.3 Å². The number of anilines is 1. The minimum Gasteiger partial charge on any atom is -0.370 e. The van der Waals surface area contributed by atoms with Crippen LogP contribution in [0.5, 0.6) is 0 Å². The second-order valence-electron chi connectivity index (χ2n) is 5.26. The molecule has 1 amide bonds. The van der Waals surface area contributed by atoms with Crippen LogP contribution in [0.25, 0.3) is 0 Å². The lowest BCUT2D eigenvalue weighted by Gasteiger charge is -2.26. The van der Waals surface area contributed by atoms with Crippen molar-refractivity contribution in [3.8, 4) is 0 Å². The molecule has 1 N–H and O–H groups in total. The van der Waals surface area contributed by atoms with Gasteiger partial charge < -0.3 is 10.2 Å². The van der Waals surface area contributed by atoms with Gasteiger partial charge in [0.05, 0.1) is 5.56 Å². The molecule has 20 heavy (non-hydrogen) atoms. The zero-order valence-electron chi connectivity index (χ0n) is 13.1. The van der Waals surface area contributed by atoms with Crippen molar-refractivity contribution in [1.29, 1.82) is 0 Å². The third-order valence-electron chi connectivity index (χ3n) is 3.26. The first kappa shape index (κ1) is 16.5. The van der Waals surface area contributed by atoms with Crippen LogP contribution in [0.4, 0.5) is 5.82 Å². The molecular formula is C16H27N3O. The van der Waals surface area contributed by atoms with Crippen LogP contribution in [0, 0.1) is 0 Å². The van der Waals surface area contributed by atoms with Crippen LogP contribution in [-0.4, -0.2) is 34.9 Å². The maximum Gasteiger partial charge on any atom is 0.255 e. The lowest BCUT2D eigenvalue weighted by Crippen LogP contribution is -2.37. The van der Waals surface area contributed by atoms with E-state index in [-0.39, 0.29) is 11.9 Å². The first-order chi connectivity index (χ1) is 9.60. The van der Waals surface area contributed by atoms with E-state index in [0.717, 1.165) is 31.7 Å². The van der Waals surface area contributed by atoms with Crippen molar-refractivity contribution < 1.29 is 4.79 Å². The van der Waals surface area contributed by atoms with Gasteiger partial charge in [0.1, 0.15) is 5.82 Å². The van der Waals surface area contributed by atoms with Crippen LogP contribution in [-0.2, 0) is 0 Å². The topological polar surface area (TPSA) is 45.2 Å². The van der Waals surface area contributed by atoms with E-state index < -0.39 is 0 Å². The summed E-state index contributed by atoms with van der Waals surface area (Å²) in [5.41, 5.74) is 0.664. The molecule has 1 aromatic rings. The van der Waals surface area contributed by atoms with E-state index in [1.165, 1.54) is 6.42 Å². The first-order valence-corrected chi connectivity index (χ1v) is 7.61. The summed E-state index contributed by atoms with van der Waals surface area (Å²) in [7, 11) is 0. The normalized spacial score (nSPS) is 10.7. The Morgan fingerprint density at radius 1 is 1.30 bits per heavy atom. The van der Waals surface area contributed by atoms with Gasteiger partial charge in [-0.3, -0.25) is 4.79 Å². The minimum absolute atomic E-state index is 0.0756. The van der Waals surface area contributed by atoms with Gasteiger partial charge in [-0.2, -0.15) is 0 Å². The standard InChI is InChI=1S/C16H27N3O/c1-5-7-8-11-19(13(3)4)16(20)14-9-10-15(17-6-2)18-12-14/h9-10,12-13H,5-8,11H2,1-4H3,(H,17,18). The van der Waals surface area contributed by atoms with Gasteiger partial charge in [-0.25, -0.2) is 4.98 Å². The summed E-state index contributed by atoms with van der Waals surface area (Å²) in [6.45, 7) is 9.96. The molecule has 1 aromatic heterocycles. The third-order valence-corrected chi connectivity index (χ3v) is 3.26. The molecule has 0 radical (unpaired) electrons. The highest BCUT2D eigenvalue weighted by Gasteiger charge is 2.18. The molecule has 0 spiro atoms. The molecule has 0 aliphatic heterocycles. The maximum absolute atomic E-state index is 12.5. The largest absolute Gasteiger partial charge is 0.370 e. The number of hydrogen-bond acceptors (Lipinski definition) is 3. The summed E-state index contributed by atoms with van der Waals surface area (Å²) in [5, 5.41) is 3.13. The molecule has 0 unspecified atom stereocenters. The number of carbonyl (C=O) groups excluding carboxylic acids is 1. The van der Waals surface area contributed by atoms with Gasteiger partial charge >= 0.3 is 0 Å². The SMILES string of the molecule is CCCCCN(C(=O)c1ccc(NCC)nc1)C(C)C. The van der Waals surface area contributed by atoms with Gasteiger partial charge in [0.2, 0.25) is 0 Å². The summed E-state index contributed by atoms with van der Waals surface area (Å²) in [5.74, 6) is 0.887. The van der Waals surface area contributed by atoms with Gasteiger partial charge in [0.25, 0.3) is 5.91 Å². The predicted octanol–water partition coefficient (Wildman–Crippen LogP) is 3.55. The molecule has 1 heterocycles. The van der Waals surface area contributed by atoms with Crippen LogP contribution in [0.2, 0.25) is 0 Å². The number of amides is 1. The molecule has 0 saturated carbocycles. The van der Waals surface area contributed by atoms with E-state index >= 15 is 0 Å². The van der Waals surface area contributed by atoms with Crippen molar-refractivity contribution in [1.82, 2.24) is 9.88 Å². The summed E-state index contributed by atoms with van der Waals surface area (Å²) >= 11 is 0. The van der Waals surface area contributed by atoms with Crippen LogP contribution >= 0.6 is 0 Å². The molecule has 1 rings (SSSR count). The van der Waals surface area contributed by atoms with E-state index in [2.05, 4.69) is 31.1 Å². The van der Waals surface area contributed by atoms with Crippen LogP contribution in [0.15, 0.2) is 18.3 Å². The Hall–Kier alpha value is -1.58. The van der Waals surface area contributed by atoms with Crippen molar-refractivity contribution >= 4 is 11.7 Å². The third kappa shape index (κ3) is 4.83. The van der Waals surface area contributed by atoms with Gasteiger partial charge in [-0.15, -0.1) is 0 Å². The molecule has 0 bridgehead atoms. The highest BCUT2D eigenvalue weighted by atomic mass is 16.2. The molecule has 0 aliphatic rings. The number of nitrogens with one attached hydrogen (secondary N) is 1. The molecular weight excluding hydrogens is 250 g/mol. The van der Waals surface area contributed by atoms with E-state index in [0.29, 0.717) is 5.56 Å². The summed E-state index contributed by atoms with van der Waals surface area (Å²) in [4.78, 5) is 18.7. The summed E-state index contributed by atoms with van der Waals surface area (Å²) in [6, 6.07) is 3.93. The van der Waals surface area contributed by atoms with Crippen molar-refractivity contribution in [2.45, 2.75) is 53.0 Å². The Balaban J connectivity index is 2.72. The van der Waals surface area contributed by atoms with Gasteiger partial charge in [-0.1, -0.05) is 19.8 Å². The smallest absolute Gasteiger partial charge is 0.255 e. The van der Waals surface area contributed by atoms with E-state index in [1.807, 2.05) is 24.0 Å². The zero-order chi connectivity index (χ0) is 15.0. The minimum atomic E-state index is 0.0756. The van der Waals surface area contributed by atoms with E-state index in [4.69, 9.17) is 0 Å². The summed E-state index contributed by atoms with van der Waals surface area (Å²) < 4.78 is 0. The van der Waals surface area contributed by atoms with Crippen LogP contribution < -0.4 is 5.32 Å². The fourth-order valence-corrected chi connectivity index (χ4v) is 2.10. The van der Waals surface area contributed by atoms with Gasteiger partial charge in [0.15, 0.2) is 0 Å². The van der Waals surface area contributed by atoms with Crippen molar-refractivity contribution in [2.24, 2.45) is 0 Å². The Bertz CT molecular complexity index is 401. The fraction of sp³-hybridized carbons (Fsp3) is 0.625. The fourth-order valence-electron chi connectivity index (χ4n) is 2.10. The Morgan fingerprint density at radius 2 is 2.05 bits per heavy atom. The van der Waals surface area contributed by atoms with Crippen molar-refractivity contribution in [3.05, 3.63) is 23.9 Å². The van der Waals surface area contributed by atoms with E-state index in [9.17, 15) is 4.79 Å². The lowest BCUT2D eigenvalue weighted by atomic mass is 10.1. The van der Waals surface area contributed by atoms with Gasteiger partial charge in [-0.05, 0) is 39.3 Å². The molecule has 112 valence electrons. The number of nitrogens with zero attached hydrogens (tertiary/aromatic N) is 2. The van der Waals surface area contributed by atoms with Crippen LogP contribution in [0.3, 0.4) is 0 Å². The monoisotopic (exact) mass is 277 g/mol. The molecule has 0 saturated heterocycles. The average molecular weight is 277 g/mol. The highest BCUT2D eigenvalue weighted by Crippen LogP contribution is 2.12. The maximum atomic E-state index is 12.5. The average Bonchev–Trinajstić information content (AvgIpc) is 2.44. The second-order valence-corrected chi connectivity index (χ2v) is 5.26. The van der Waals surface area contributed by atoms with Gasteiger partial charge in [0, 0.05) is 25.3 Å². The molecule has 0 atom stereocenters. The Morgan fingerprint density at radius 3 is 2.55 bits per heavy atom. The molecule has 4 heteroatoms. The highest BCUT2D eigenvalue weighted by molar-refractivity contribution is 5.94. The number of carbonyl (C=O) groups is 1. The Kier molecular flexibility index (Phi) is 7.05. The van der Waals surface area contributed by atoms with Crippen molar-refractivity contribution in [3.63, 3.8) is 0 Å². The van der Waals surface area contributed by atoms with Crippen molar-refractivity contribution in [2.75, 3.05) is 18.4 Å². The van der Waals surface area contributed by atoms with E-state index in [1.54, 1.807) is 6.20 Å². The summed E-state index contributed by atoms with van der Waals surface area (Å²) in [6.07, 6.45) is 5.05. The second kappa shape index (κ2) is 8.56. The quantitative estimate of drug-likeness (QED) is 0.739. The number of aromatic nitrogens is 1. The number of unbranched alkanes of at least 4 members (excludes halogenated alkanes) is 2. The first-order valence-electron chi connectivity index (χ1n) is 7.61. The lowest BCUT2D eigenvalue weighted by molar-refractivity contribution is 0.0702. The predicted molar refractivity (Wildman–Crippen MR) is 84.1 cm³/mol. The molecule has 0 fully saturated rings. The number of rotatable bonds is 8. The Labute approximate surface area is 122 Å². The zero-order valence-corrected chi connectivity index (χ0v) is 13.1. The number of pyridine rings is 1. The number of hydrogen-bond donors (Lipinski definition) is 1. The molecule has 4 nitrogen and oxygen atoms in total. The molecule has 0 aromatic carbocycles.